The Bertz CT molecular complexity index is 750. The van der Waals surface area contributed by atoms with Crippen LogP contribution in [0.4, 0.5) is 5.69 Å². The van der Waals surface area contributed by atoms with Crippen molar-refractivity contribution in [1.82, 2.24) is 5.32 Å². The molecule has 0 saturated carbocycles. The lowest BCUT2D eigenvalue weighted by Crippen LogP contribution is -2.31. The molecule has 25 heavy (non-hydrogen) atoms. The molecule has 1 N–H and O–H groups in total. The monoisotopic (exact) mass is 357 g/mol. The van der Waals surface area contributed by atoms with Crippen LogP contribution < -0.4 is 15.0 Å². The van der Waals surface area contributed by atoms with Gasteiger partial charge >= 0.3 is 0 Å². The summed E-state index contributed by atoms with van der Waals surface area (Å²) in [7, 11) is 0. The van der Waals surface area contributed by atoms with Crippen molar-refractivity contribution in [2.45, 2.75) is 19.1 Å². The van der Waals surface area contributed by atoms with Gasteiger partial charge in [0.1, 0.15) is 22.4 Å². The van der Waals surface area contributed by atoms with Gasteiger partial charge in [0.25, 0.3) is 5.91 Å². The highest BCUT2D eigenvalue weighted by Gasteiger charge is 2.38. The molecular formula is C18H19N3O3S. The fourth-order valence-corrected chi connectivity index (χ4v) is 3.37. The Balaban J connectivity index is 2.43. The number of hydrogen-bond donors (Lipinski definition) is 1. The van der Waals surface area contributed by atoms with Gasteiger partial charge in [-0.3, -0.25) is 14.5 Å². The standard InChI is InChI=1S/C18H19N3O3S/c1-4-10-20-16(22)15(11-19)18-21(17(23)12(3)25-18)13-6-8-14(9-7-13)24-5-2/h4,6-9,12H,1,5,10H2,2-3H3,(H,20,22)/b18-15-. The zero-order valence-corrected chi connectivity index (χ0v) is 14.9. The minimum Gasteiger partial charge on any atom is -0.494 e. The minimum absolute atomic E-state index is 0.0848. The first-order chi connectivity index (χ1) is 12.0. The third-order valence-electron chi connectivity index (χ3n) is 3.43. The van der Waals surface area contributed by atoms with Crippen LogP contribution in [0.3, 0.4) is 0 Å². The molecule has 7 heteroatoms. The Morgan fingerprint density at radius 1 is 1.48 bits per heavy atom. The number of rotatable bonds is 6. The highest BCUT2D eigenvalue weighted by Crippen LogP contribution is 2.40. The summed E-state index contributed by atoms with van der Waals surface area (Å²) in [6.07, 6.45) is 1.53. The molecule has 6 nitrogen and oxygen atoms in total. The fraction of sp³-hybridized carbons (Fsp3) is 0.278. The molecule has 1 aliphatic heterocycles. The summed E-state index contributed by atoms with van der Waals surface area (Å²) >= 11 is 1.20. The number of hydrogen-bond acceptors (Lipinski definition) is 5. The molecule has 1 atom stereocenters. The van der Waals surface area contributed by atoms with E-state index in [-0.39, 0.29) is 23.3 Å². The number of benzene rings is 1. The quantitative estimate of drug-likeness (QED) is 0.481. The van der Waals surface area contributed by atoms with Gasteiger partial charge in [-0.1, -0.05) is 17.8 Å². The van der Waals surface area contributed by atoms with Gasteiger partial charge in [0, 0.05) is 12.2 Å². The Labute approximate surface area is 151 Å². The lowest BCUT2D eigenvalue weighted by atomic mass is 10.2. The van der Waals surface area contributed by atoms with Crippen molar-refractivity contribution >= 4 is 29.3 Å². The van der Waals surface area contributed by atoms with Crippen LogP contribution in [0.25, 0.3) is 0 Å². The van der Waals surface area contributed by atoms with E-state index in [9.17, 15) is 14.9 Å². The molecule has 0 aromatic heterocycles. The number of carbonyl (C=O) groups is 2. The Morgan fingerprint density at radius 2 is 2.16 bits per heavy atom. The second-order valence-electron chi connectivity index (χ2n) is 5.15. The van der Waals surface area contributed by atoms with Crippen LogP contribution in [0.2, 0.25) is 0 Å². The van der Waals surface area contributed by atoms with Crippen LogP contribution in [-0.4, -0.2) is 30.2 Å². The van der Waals surface area contributed by atoms with Gasteiger partial charge in [0.05, 0.1) is 11.9 Å². The van der Waals surface area contributed by atoms with Gasteiger partial charge in [0.2, 0.25) is 5.91 Å². The summed E-state index contributed by atoms with van der Waals surface area (Å²) in [5.74, 6) is -0.00970. The molecule has 1 aromatic rings. The van der Waals surface area contributed by atoms with Crippen LogP contribution in [0.1, 0.15) is 13.8 Å². The first-order valence-corrected chi connectivity index (χ1v) is 8.68. The summed E-state index contributed by atoms with van der Waals surface area (Å²) in [6, 6.07) is 8.89. The lowest BCUT2D eigenvalue weighted by Gasteiger charge is -2.19. The highest BCUT2D eigenvalue weighted by molar-refractivity contribution is 8.05. The van der Waals surface area contributed by atoms with Crippen LogP contribution in [0.15, 0.2) is 47.5 Å². The van der Waals surface area contributed by atoms with E-state index in [0.29, 0.717) is 23.1 Å². The maximum absolute atomic E-state index is 12.6. The minimum atomic E-state index is -0.525. The van der Waals surface area contributed by atoms with Gasteiger partial charge in [-0.05, 0) is 38.1 Å². The van der Waals surface area contributed by atoms with Gasteiger partial charge in [-0.15, -0.1) is 6.58 Å². The maximum Gasteiger partial charge on any atom is 0.264 e. The smallest absolute Gasteiger partial charge is 0.264 e. The van der Waals surface area contributed by atoms with Crippen molar-refractivity contribution in [2.75, 3.05) is 18.1 Å². The number of amides is 2. The molecule has 0 aliphatic carbocycles. The number of thioether (sulfide) groups is 1. The van der Waals surface area contributed by atoms with Crippen molar-refractivity contribution in [1.29, 1.82) is 5.26 Å². The molecule has 2 amide bonds. The molecule has 1 saturated heterocycles. The number of carbonyl (C=O) groups excluding carboxylic acids is 2. The molecule has 1 unspecified atom stereocenters. The van der Waals surface area contributed by atoms with Crippen LogP contribution >= 0.6 is 11.8 Å². The summed E-state index contributed by atoms with van der Waals surface area (Å²) in [4.78, 5) is 26.2. The third kappa shape index (κ3) is 4.03. The molecule has 0 spiro atoms. The zero-order valence-electron chi connectivity index (χ0n) is 14.1. The van der Waals surface area contributed by atoms with Crippen molar-refractivity contribution in [3.8, 4) is 11.8 Å². The molecule has 1 heterocycles. The molecule has 0 bridgehead atoms. The summed E-state index contributed by atoms with van der Waals surface area (Å²) in [6.45, 7) is 7.95. The molecular weight excluding hydrogens is 338 g/mol. The van der Waals surface area contributed by atoms with E-state index in [4.69, 9.17) is 4.74 Å². The number of nitrogens with one attached hydrogen (secondary N) is 1. The Hall–Kier alpha value is -2.72. The van der Waals surface area contributed by atoms with Crippen LogP contribution in [0, 0.1) is 11.3 Å². The van der Waals surface area contributed by atoms with Crippen molar-refractivity contribution in [2.24, 2.45) is 0 Å². The number of anilines is 1. The van der Waals surface area contributed by atoms with Crippen molar-refractivity contribution in [3.63, 3.8) is 0 Å². The average molecular weight is 357 g/mol. The van der Waals surface area contributed by atoms with E-state index in [1.165, 1.54) is 22.7 Å². The SMILES string of the molecule is C=CCNC(=O)/C(C#N)=C1\SC(C)C(=O)N1c1ccc(OCC)cc1. The van der Waals surface area contributed by atoms with Gasteiger partial charge in [-0.2, -0.15) is 5.26 Å². The largest absolute Gasteiger partial charge is 0.494 e. The van der Waals surface area contributed by atoms with Crippen molar-refractivity contribution < 1.29 is 14.3 Å². The molecule has 0 radical (unpaired) electrons. The predicted molar refractivity (Wildman–Crippen MR) is 98.0 cm³/mol. The number of ether oxygens (including phenoxy) is 1. The molecule has 130 valence electrons. The zero-order chi connectivity index (χ0) is 18.4. The molecule has 1 fully saturated rings. The lowest BCUT2D eigenvalue weighted by molar-refractivity contribution is -0.117. The molecule has 1 aliphatic rings. The van der Waals surface area contributed by atoms with Crippen molar-refractivity contribution in [3.05, 3.63) is 47.5 Å². The molecule has 1 aromatic carbocycles. The number of nitriles is 1. The van der Waals surface area contributed by atoms with Gasteiger partial charge < -0.3 is 10.1 Å². The highest BCUT2D eigenvalue weighted by atomic mass is 32.2. The van der Waals surface area contributed by atoms with E-state index in [1.807, 2.05) is 13.0 Å². The first-order valence-electron chi connectivity index (χ1n) is 7.80. The predicted octanol–water partition coefficient (Wildman–Crippen LogP) is 2.59. The maximum atomic E-state index is 12.6. The van der Waals surface area contributed by atoms with E-state index in [0.717, 1.165) is 0 Å². The third-order valence-corrected chi connectivity index (χ3v) is 4.59. The fourth-order valence-electron chi connectivity index (χ4n) is 2.27. The van der Waals surface area contributed by atoms with Gasteiger partial charge in [0.15, 0.2) is 0 Å². The van der Waals surface area contributed by atoms with E-state index in [1.54, 1.807) is 31.2 Å². The van der Waals surface area contributed by atoms with Crippen LogP contribution in [0.5, 0.6) is 5.75 Å². The number of nitrogens with zero attached hydrogens (tertiary/aromatic N) is 2. The Kier molecular flexibility index (Phi) is 6.25. The van der Waals surface area contributed by atoms with E-state index >= 15 is 0 Å². The normalized spacial score (nSPS) is 18.5. The van der Waals surface area contributed by atoms with E-state index in [2.05, 4.69) is 11.9 Å². The van der Waals surface area contributed by atoms with Crippen LogP contribution in [-0.2, 0) is 9.59 Å². The average Bonchev–Trinajstić information content (AvgIpc) is 2.90. The van der Waals surface area contributed by atoms with E-state index < -0.39 is 5.91 Å². The summed E-state index contributed by atoms with van der Waals surface area (Å²) in [5, 5.41) is 12.0. The van der Waals surface area contributed by atoms with Gasteiger partial charge in [-0.25, -0.2) is 0 Å². The topological polar surface area (TPSA) is 82.4 Å². The second-order valence-corrected chi connectivity index (χ2v) is 6.48. The molecule has 2 rings (SSSR count). The second kappa shape index (κ2) is 8.40. The summed E-state index contributed by atoms with van der Waals surface area (Å²) < 4.78 is 5.40. The Morgan fingerprint density at radius 3 is 2.72 bits per heavy atom. The first kappa shape index (κ1) is 18.6. The summed E-state index contributed by atoms with van der Waals surface area (Å²) in [5.41, 5.74) is 0.503.